The summed E-state index contributed by atoms with van der Waals surface area (Å²) < 4.78 is 5.26. The summed E-state index contributed by atoms with van der Waals surface area (Å²) in [4.78, 5) is 17.0. The number of carbonyl (C=O) groups excluding carboxylic acids is 1. The summed E-state index contributed by atoms with van der Waals surface area (Å²) in [5, 5.41) is 9.94. The highest BCUT2D eigenvalue weighted by Crippen LogP contribution is 2.48. The smallest absolute Gasteiger partial charge is 0.226 e. The Kier molecular flexibility index (Phi) is 6.10. The summed E-state index contributed by atoms with van der Waals surface area (Å²) in [7, 11) is 0. The SMILES string of the molecule is CCOC[C@H](O)CN1CCN(C(=O)[C@H]2C[C@@H]2c2cccc(C)c2)CC1. The highest BCUT2D eigenvalue weighted by Gasteiger charge is 2.46. The first kappa shape index (κ1) is 18.4. The number of piperazine rings is 1. The number of nitrogens with zero attached hydrogens (tertiary/aromatic N) is 2. The molecule has 1 saturated carbocycles. The lowest BCUT2D eigenvalue weighted by Crippen LogP contribution is -2.51. The van der Waals surface area contributed by atoms with E-state index in [4.69, 9.17) is 4.74 Å². The molecule has 5 heteroatoms. The van der Waals surface area contributed by atoms with E-state index < -0.39 is 6.10 Å². The molecule has 1 heterocycles. The zero-order valence-corrected chi connectivity index (χ0v) is 15.4. The third-order valence-corrected chi connectivity index (χ3v) is 5.25. The van der Waals surface area contributed by atoms with Crippen molar-refractivity contribution in [3.63, 3.8) is 0 Å². The zero-order chi connectivity index (χ0) is 17.8. The molecule has 1 N–H and O–H groups in total. The first-order valence-corrected chi connectivity index (χ1v) is 9.42. The number of hydrogen-bond donors (Lipinski definition) is 1. The number of aryl methyl sites for hydroxylation is 1. The molecule has 1 saturated heterocycles. The van der Waals surface area contributed by atoms with Gasteiger partial charge in [0.2, 0.25) is 5.91 Å². The maximum atomic E-state index is 12.7. The van der Waals surface area contributed by atoms with E-state index in [1.165, 1.54) is 11.1 Å². The molecule has 1 aliphatic carbocycles. The average Bonchev–Trinajstić information content (AvgIpc) is 3.41. The lowest BCUT2D eigenvalue weighted by Gasteiger charge is -2.35. The molecule has 0 spiro atoms. The summed E-state index contributed by atoms with van der Waals surface area (Å²) in [6.07, 6.45) is 0.534. The number of carbonyl (C=O) groups is 1. The molecule has 3 atom stereocenters. The van der Waals surface area contributed by atoms with Crippen LogP contribution in [0.1, 0.15) is 30.4 Å². The van der Waals surface area contributed by atoms with Gasteiger partial charge < -0.3 is 14.7 Å². The summed E-state index contributed by atoms with van der Waals surface area (Å²) in [5.74, 6) is 0.872. The Hall–Kier alpha value is -1.43. The number of aliphatic hydroxyl groups excluding tert-OH is 1. The van der Waals surface area contributed by atoms with Crippen molar-refractivity contribution in [1.82, 2.24) is 9.80 Å². The topological polar surface area (TPSA) is 53.0 Å². The van der Waals surface area contributed by atoms with E-state index >= 15 is 0 Å². The molecule has 25 heavy (non-hydrogen) atoms. The van der Waals surface area contributed by atoms with Crippen LogP contribution in [-0.2, 0) is 9.53 Å². The van der Waals surface area contributed by atoms with Gasteiger partial charge >= 0.3 is 0 Å². The Bertz CT molecular complexity index is 584. The van der Waals surface area contributed by atoms with Crippen LogP contribution in [0.3, 0.4) is 0 Å². The van der Waals surface area contributed by atoms with E-state index in [9.17, 15) is 9.90 Å². The molecule has 3 rings (SSSR count). The molecule has 1 aromatic rings. The minimum Gasteiger partial charge on any atom is -0.389 e. The van der Waals surface area contributed by atoms with Crippen LogP contribution in [0.5, 0.6) is 0 Å². The van der Waals surface area contributed by atoms with Gasteiger partial charge in [-0.25, -0.2) is 0 Å². The van der Waals surface area contributed by atoms with Crippen LogP contribution in [0.15, 0.2) is 24.3 Å². The minimum atomic E-state index is -0.448. The maximum absolute atomic E-state index is 12.7. The molecule has 1 aromatic carbocycles. The minimum absolute atomic E-state index is 0.164. The predicted octanol–water partition coefficient (Wildman–Crippen LogP) is 1.64. The highest BCUT2D eigenvalue weighted by atomic mass is 16.5. The van der Waals surface area contributed by atoms with Gasteiger partial charge in [0, 0.05) is 45.2 Å². The first-order chi connectivity index (χ1) is 12.1. The van der Waals surface area contributed by atoms with Gasteiger partial charge in [0.1, 0.15) is 0 Å². The summed E-state index contributed by atoms with van der Waals surface area (Å²) in [6.45, 7) is 8.85. The number of amides is 1. The van der Waals surface area contributed by atoms with E-state index in [0.717, 1.165) is 32.6 Å². The Labute approximate surface area is 150 Å². The number of hydrogen-bond acceptors (Lipinski definition) is 4. The maximum Gasteiger partial charge on any atom is 0.226 e. The molecule has 0 unspecified atom stereocenters. The third kappa shape index (κ3) is 4.81. The lowest BCUT2D eigenvalue weighted by atomic mass is 10.1. The second-order valence-electron chi connectivity index (χ2n) is 7.30. The van der Waals surface area contributed by atoms with Gasteiger partial charge in [0.05, 0.1) is 12.7 Å². The van der Waals surface area contributed by atoms with Gasteiger partial charge in [-0.1, -0.05) is 29.8 Å². The zero-order valence-electron chi connectivity index (χ0n) is 15.4. The van der Waals surface area contributed by atoms with Gasteiger partial charge in [0.25, 0.3) is 0 Å². The van der Waals surface area contributed by atoms with Gasteiger partial charge in [-0.05, 0) is 31.7 Å². The molecule has 1 aliphatic heterocycles. The Balaban J connectivity index is 1.43. The van der Waals surface area contributed by atoms with Crippen LogP contribution in [0.2, 0.25) is 0 Å². The van der Waals surface area contributed by atoms with Crippen molar-refractivity contribution in [2.45, 2.75) is 32.3 Å². The molecular formula is C20H30N2O3. The molecule has 2 fully saturated rings. The lowest BCUT2D eigenvalue weighted by molar-refractivity contribution is -0.134. The fourth-order valence-electron chi connectivity index (χ4n) is 3.73. The van der Waals surface area contributed by atoms with Crippen molar-refractivity contribution in [3.8, 4) is 0 Å². The van der Waals surface area contributed by atoms with E-state index in [0.29, 0.717) is 31.6 Å². The first-order valence-electron chi connectivity index (χ1n) is 9.42. The van der Waals surface area contributed by atoms with Crippen molar-refractivity contribution >= 4 is 5.91 Å². The average molecular weight is 346 g/mol. The van der Waals surface area contributed by atoms with Crippen LogP contribution in [0.4, 0.5) is 0 Å². The quantitative estimate of drug-likeness (QED) is 0.815. The van der Waals surface area contributed by atoms with Crippen molar-refractivity contribution in [2.75, 3.05) is 45.9 Å². The van der Waals surface area contributed by atoms with Crippen LogP contribution in [0, 0.1) is 12.8 Å². The van der Waals surface area contributed by atoms with E-state index in [2.05, 4.69) is 36.1 Å². The molecule has 0 aromatic heterocycles. The van der Waals surface area contributed by atoms with Crippen LogP contribution in [-0.4, -0.2) is 72.9 Å². The highest BCUT2D eigenvalue weighted by molar-refractivity contribution is 5.83. The van der Waals surface area contributed by atoms with Crippen LogP contribution < -0.4 is 0 Å². The van der Waals surface area contributed by atoms with Gasteiger partial charge in [0.15, 0.2) is 0 Å². The van der Waals surface area contributed by atoms with Crippen molar-refractivity contribution in [3.05, 3.63) is 35.4 Å². The Morgan fingerprint density at radius 1 is 1.32 bits per heavy atom. The second kappa shape index (κ2) is 8.30. The predicted molar refractivity (Wildman–Crippen MR) is 97.5 cm³/mol. The summed E-state index contributed by atoms with van der Waals surface area (Å²) >= 11 is 0. The molecule has 0 bridgehead atoms. The Morgan fingerprint density at radius 2 is 2.08 bits per heavy atom. The van der Waals surface area contributed by atoms with Crippen molar-refractivity contribution in [2.24, 2.45) is 5.92 Å². The number of benzene rings is 1. The number of rotatable bonds is 7. The summed E-state index contributed by atoms with van der Waals surface area (Å²) in [6, 6.07) is 8.52. The monoisotopic (exact) mass is 346 g/mol. The molecular weight excluding hydrogens is 316 g/mol. The third-order valence-electron chi connectivity index (χ3n) is 5.25. The van der Waals surface area contributed by atoms with E-state index in [1.807, 2.05) is 11.8 Å². The molecule has 138 valence electrons. The number of β-amino-alcohol motifs (C(OH)–C–C–N with tert-alkyl or cyclic N) is 1. The van der Waals surface area contributed by atoms with Gasteiger partial charge in [-0.3, -0.25) is 9.69 Å². The van der Waals surface area contributed by atoms with Crippen molar-refractivity contribution in [1.29, 1.82) is 0 Å². The molecule has 1 amide bonds. The largest absolute Gasteiger partial charge is 0.389 e. The number of aliphatic hydroxyl groups is 1. The van der Waals surface area contributed by atoms with E-state index in [1.54, 1.807) is 0 Å². The normalized spacial score (nSPS) is 25.0. The Morgan fingerprint density at radius 3 is 2.76 bits per heavy atom. The standard InChI is InChI=1S/C20H30N2O3/c1-3-25-14-17(23)13-21-7-9-22(10-8-21)20(24)19-12-18(19)16-6-4-5-15(2)11-16/h4-6,11,17-19,23H,3,7-10,12-14H2,1-2H3/t17-,18-,19+/m1/s1. The van der Waals surface area contributed by atoms with Crippen LogP contribution in [0.25, 0.3) is 0 Å². The van der Waals surface area contributed by atoms with Gasteiger partial charge in [-0.2, -0.15) is 0 Å². The molecule has 0 radical (unpaired) electrons. The fraction of sp³-hybridized carbons (Fsp3) is 0.650. The molecule has 5 nitrogen and oxygen atoms in total. The summed E-state index contributed by atoms with van der Waals surface area (Å²) in [5.41, 5.74) is 2.56. The van der Waals surface area contributed by atoms with Crippen LogP contribution >= 0.6 is 0 Å². The fourth-order valence-corrected chi connectivity index (χ4v) is 3.73. The molecule has 2 aliphatic rings. The van der Waals surface area contributed by atoms with E-state index in [-0.39, 0.29) is 5.92 Å². The van der Waals surface area contributed by atoms with Gasteiger partial charge in [-0.15, -0.1) is 0 Å². The van der Waals surface area contributed by atoms with Crippen molar-refractivity contribution < 1.29 is 14.6 Å². The second-order valence-corrected chi connectivity index (χ2v) is 7.30. The number of ether oxygens (including phenoxy) is 1.